The number of hydrogen-bond acceptors (Lipinski definition) is 6. The van der Waals surface area contributed by atoms with E-state index < -0.39 is 28.5 Å². The lowest BCUT2D eigenvalue weighted by Crippen LogP contribution is -2.53. The average Bonchev–Trinajstić information content (AvgIpc) is 3.39. The van der Waals surface area contributed by atoms with E-state index in [1.54, 1.807) is 49.4 Å². The number of hydrogen-bond donors (Lipinski definition) is 2. The molecule has 2 aromatic rings. The van der Waals surface area contributed by atoms with Gasteiger partial charge in [-0.2, -0.15) is 0 Å². The van der Waals surface area contributed by atoms with Crippen molar-refractivity contribution in [3.05, 3.63) is 54.6 Å². The van der Waals surface area contributed by atoms with E-state index in [9.17, 15) is 18.0 Å². The molecule has 0 aliphatic carbocycles. The first-order valence-corrected chi connectivity index (χ1v) is 12.7. The van der Waals surface area contributed by atoms with E-state index in [2.05, 4.69) is 10.0 Å². The second-order valence-corrected chi connectivity index (χ2v) is 9.64. The highest BCUT2D eigenvalue weighted by Crippen LogP contribution is 2.30. The van der Waals surface area contributed by atoms with Gasteiger partial charge in [-0.1, -0.05) is 37.3 Å². The molecule has 1 saturated heterocycles. The molecule has 2 aromatic carbocycles. The highest BCUT2D eigenvalue weighted by atomic mass is 32.2. The maximum absolute atomic E-state index is 13.4. The summed E-state index contributed by atoms with van der Waals surface area (Å²) in [5.41, 5.74) is 0.382. The standard InChI is InChI=1S/C24H31N3O6S/c1-3-20(24(29)25-16-18-10-9-15-33-18)27(21-13-7-8-14-22(21)32-2)23(28)17-26-34(30,31)19-11-5-4-6-12-19/h4-8,11-14,18,20,26H,3,9-10,15-17H2,1-2H3,(H,25,29)/t18-,20-/m1/s1. The van der Waals surface area contributed by atoms with Gasteiger partial charge in [-0.3, -0.25) is 14.5 Å². The third-order valence-electron chi connectivity index (χ3n) is 5.61. The third kappa shape index (κ3) is 6.34. The van der Waals surface area contributed by atoms with Gasteiger partial charge in [0.25, 0.3) is 0 Å². The van der Waals surface area contributed by atoms with Crippen molar-refractivity contribution in [2.45, 2.75) is 43.2 Å². The summed E-state index contributed by atoms with van der Waals surface area (Å²) in [5.74, 6) is -0.529. The summed E-state index contributed by atoms with van der Waals surface area (Å²) in [6.07, 6.45) is 2.08. The van der Waals surface area contributed by atoms with Gasteiger partial charge in [0.15, 0.2) is 0 Å². The molecule has 1 heterocycles. The van der Waals surface area contributed by atoms with Crippen molar-refractivity contribution in [2.75, 3.05) is 31.7 Å². The van der Waals surface area contributed by atoms with Crippen LogP contribution in [0.15, 0.2) is 59.5 Å². The largest absolute Gasteiger partial charge is 0.495 e. The molecule has 1 aliphatic heterocycles. The summed E-state index contributed by atoms with van der Waals surface area (Å²) in [5, 5.41) is 2.88. The molecule has 0 bridgehead atoms. The number of carbonyl (C=O) groups excluding carboxylic acids is 2. The van der Waals surface area contributed by atoms with Gasteiger partial charge in [0.05, 0.1) is 30.3 Å². The normalized spacial score (nSPS) is 16.6. The lowest BCUT2D eigenvalue weighted by molar-refractivity contribution is -0.126. The Morgan fingerprint density at radius 1 is 1.15 bits per heavy atom. The van der Waals surface area contributed by atoms with Crippen LogP contribution in [0.3, 0.4) is 0 Å². The van der Waals surface area contributed by atoms with Gasteiger partial charge in [-0.05, 0) is 43.5 Å². The number of para-hydroxylation sites is 2. The average molecular weight is 490 g/mol. The summed E-state index contributed by atoms with van der Waals surface area (Å²) < 4.78 is 38.6. The predicted molar refractivity (Wildman–Crippen MR) is 128 cm³/mol. The zero-order chi connectivity index (χ0) is 24.6. The van der Waals surface area contributed by atoms with Crippen molar-refractivity contribution in [2.24, 2.45) is 0 Å². The van der Waals surface area contributed by atoms with Crippen molar-refractivity contribution in [3.8, 4) is 5.75 Å². The van der Waals surface area contributed by atoms with Gasteiger partial charge < -0.3 is 14.8 Å². The summed E-state index contributed by atoms with van der Waals surface area (Å²) >= 11 is 0. The second-order valence-electron chi connectivity index (χ2n) is 7.88. The number of nitrogens with one attached hydrogen (secondary N) is 2. The number of sulfonamides is 1. The molecule has 0 aromatic heterocycles. The van der Waals surface area contributed by atoms with Crippen LogP contribution >= 0.6 is 0 Å². The third-order valence-corrected chi connectivity index (χ3v) is 7.03. The van der Waals surface area contributed by atoms with E-state index in [4.69, 9.17) is 9.47 Å². The van der Waals surface area contributed by atoms with Crippen molar-refractivity contribution >= 4 is 27.5 Å². The number of nitrogens with zero attached hydrogens (tertiary/aromatic N) is 1. The zero-order valence-electron chi connectivity index (χ0n) is 19.4. The van der Waals surface area contributed by atoms with E-state index in [1.165, 1.54) is 24.1 Å². The van der Waals surface area contributed by atoms with Crippen LogP contribution in [-0.4, -0.2) is 59.2 Å². The van der Waals surface area contributed by atoms with Crippen LogP contribution < -0.4 is 19.7 Å². The van der Waals surface area contributed by atoms with Crippen molar-refractivity contribution in [1.29, 1.82) is 0 Å². The Morgan fingerprint density at radius 3 is 2.50 bits per heavy atom. The number of rotatable bonds is 11. The van der Waals surface area contributed by atoms with Gasteiger partial charge in [-0.25, -0.2) is 13.1 Å². The number of amides is 2. The molecule has 9 nitrogen and oxygen atoms in total. The van der Waals surface area contributed by atoms with E-state index in [-0.39, 0.29) is 16.9 Å². The summed E-state index contributed by atoms with van der Waals surface area (Å²) in [7, 11) is -2.44. The van der Waals surface area contributed by atoms with Crippen LogP contribution in [0.5, 0.6) is 5.75 Å². The fraction of sp³-hybridized carbons (Fsp3) is 0.417. The molecule has 34 heavy (non-hydrogen) atoms. The molecular formula is C24H31N3O6S. The molecule has 3 rings (SSSR count). The highest BCUT2D eigenvalue weighted by Gasteiger charge is 2.32. The maximum Gasteiger partial charge on any atom is 0.243 e. The van der Waals surface area contributed by atoms with E-state index in [1.807, 2.05) is 0 Å². The molecule has 184 valence electrons. The Balaban J connectivity index is 1.83. The van der Waals surface area contributed by atoms with Crippen molar-refractivity contribution in [3.63, 3.8) is 0 Å². The smallest absolute Gasteiger partial charge is 0.243 e. The van der Waals surface area contributed by atoms with E-state index in [0.29, 0.717) is 31.0 Å². The first-order chi connectivity index (χ1) is 16.4. The van der Waals surface area contributed by atoms with Gasteiger partial charge in [0.2, 0.25) is 21.8 Å². The van der Waals surface area contributed by atoms with Crippen LogP contribution in [0.2, 0.25) is 0 Å². The van der Waals surface area contributed by atoms with Gasteiger partial charge in [-0.15, -0.1) is 0 Å². The Labute approximate surface area is 200 Å². The SMILES string of the molecule is CC[C@H](C(=O)NC[C@H]1CCCO1)N(C(=O)CNS(=O)(=O)c1ccccc1)c1ccccc1OC. The fourth-order valence-corrected chi connectivity index (χ4v) is 4.85. The quantitative estimate of drug-likeness (QED) is 0.500. The number of methoxy groups -OCH3 is 1. The molecule has 1 aliphatic rings. The monoisotopic (exact) mass is 489 g/mol. The van der Waals surface area contributed by atoms with Crippen LogP contribution in [0.25, 0.3) is 0 Å². The number of anilines is 1. The maximum atomic E-state index is 13.4. The highest BCUT2D eigenvalue weighted by molar-refractivity contribution is 7.89. The first-order valence-electron chi connectivity index (χ1n) is 11.3. The molecular weight excluding hydrogens is 458 g/mol. The molecule has 10 heteroatoms. The Hall–Kier alpha value is -2.95. The Kier molecular flexibility index (Phi) is 9.03. The number of benzene rings is 2. The van der Waals surface area contributed by atoms with Gasteiger partial charge >= 0.3 is 0 Å². The minimum atomic E-state index is -3.91. The van der Waals surface area contributed by atoms with Gasteiger partial charge in [0, 0.05) is 13.2 Å². The van der Waals surface area contributed by atoms with Crippen molar-refractivity contribution in [1.82, 2.24) is 10.0 Å². The molecule has 1 fully saturated rings. The van der Waals surface area contributed by atoms with Gasteiger partial charge in [0.1, 0.15) is 11.8 Å². The Bertz CT molecular complexity index is 1070. The molecule has 0 unspecified atom stereocenters. The summed E-state index contributed by atoms with van der Waals surface area (Å²) in [6, 6.07) is 13.7. The van der Waals surface area contributed by atoms with Crippen LogP contribution in [0.4, 0.5) is 5.69 Å². The van der Waals surface area contributed by atoms with E-state index >= 15 is 0 Å². The number of carbonyl (C=O) groups is 2. The van der Waals surface area contributed by atoms with E-state index in [0.717, 1.165) is 12.8 Å². The predicted octanol–water partition coefficient (Wildman–Crippen LogP) is 2.08. The zero-order valence-corrected chi connectivity index (χ0v) is 20.2. The van der Waals surface area contributed by atoms with Crippen LogP contribution in [-0.2, 0) is 24.3 Å². The summed E-state index contributed by atoms with van der Waals surface area (Å²) in [6.45, 7) is 2.29. The lowest BCUT2D eigenvalue weighted by Gasteiger charge is -2.31. The second kappa shape index (κ2) is 12.0. The minimum Gasteiger partial charge on any atom is -0.495 e. The molecule has 2 atom stereocenters. The molecule has 2 amide bonds. The first kappa shape index (κ1) is 25.7. The minimum absolute atomic E-state index is 0.0467. The van der Waals surface area contributed by atoms with Crippen molar-refractivity contribution < 1.29 is 27.5 Å². The Morgan fingerprint density at radius 2 is 1.85 bits per heavy atom. The van der Waals surface area contributed by atoms with Crippen LogP contribution in [0.1, 0.15) is 26.2 Å². The lowest BCUT2D eigenvalue weighted by atomic mass is 10.1. The number of ether oxygens (including phenoxy) is 2. The fourth-order valence-electron chi connectivity index (χ4n) is 3.85. The molecule has 0 spiro atoms. The topological polar surface area (TPSA) is 114 Å². The molecule has 2 N–H and O–H groups in total. The van der Waals surface area contributed by atoms with Crippen LogP contribution in [0, 0.1) is 0 Å². The summed E-state index contributed by atoms with van der Waals surface area (Å²) in [4.78, 5) is 27.9. The molecule has 0 radical (unpaired) electrons. The molecule has 0 saturated carbocycles.